The molecule has 5 rings (SSSR count). The number of rotatable bonds is 3. The molecule has 1 saturated carbocycles. The summed E-state index contributed by atoms with van der Waals surface area (Å²) in [6, 6.07) is 1.43. The summed E-state index contributed by atoms with van der Waals surface area (Å²) in [6.07, 6.45) is 12.1. The second-order valence-electron chi connectivity index (χ2n) is 7.30. The van der Waals surface area contributed by atoms with Gasteiger partial charge in [-0.05, 0) is 70.0 Å². The minimum Gasteiger partial charge on any atom is -0.367 e. The third-order valence-electron chi connectivity index (χ3n) is 5.95. The standard InChI is InChI=1S/C18H24N4S/c1-3-14-15(4-1)23-18-16(14)17(19-11-20-18)21-12-5-7-13(8-6-12)22-9-2-10-22/h11-13H,1-10H2,(H,19,20,21). The third kappa shape index (κ3) is 2.45. The minimum atomic E-state index is 0.586. The molecule has 2 aromatic heterocycles. The van der Waals surface area contributed by atoms with Crippen molar-refractivity contribution in [1.29, 1.82) is 0 Å². The van der Waals surface area contributed by atoms with E-state index in [1.54, 1.807) is 11.2 Å². The molecule has 0 atom stereocenters. The fraction of sp³-hybridized carbons (Fsp3) is 0.667. The Morgan fingerprint density at radius 3 is 2.70 bits per heavy atom. The van der Waals surface area contributed by atoms with Crippen LogP contribution in [0.3, 0.4) is 0 Å². The van der Waals surface area contributed by atoms with Crippen LogP contribution in [0.1, 0.15) is 49.0 Å². The molecule has 1 saturated heterocycles. The van der Waals surface area contributed by atoms with Gasteiger partial charge in [0, 0.05) is 17.0 Å². The van der Waals surface area contributed by atoms with Gasteiger partial charge in [0.2, 0.25) is 0 Å². The van der Waals surface area contributed by atoms with Crippen molar-refractivity contribution >= 4 is 27.4 Å². The molecule has 3 heterocycles. The largest absolute Gasteiger partial charge is 0.367 e. The first-order chi connectivity index (χ1) is 11.4. The lowest BCUT2D eigenvalue weighted by Gasteiger charge is -2.42. The van der Waals surface area contributed by atoms with Crippen molar-refractivity contribution in [1.82, 2.24) is 14.9 Å². The van der Waals surface area contributed by atoms with Crippen molar-refractivity contribution in [2.45, 2.75) is 63.5 Å². The molecule has 0 aromatic carbocycles. The van der Waals surface area contributed by atoms with Crippen LogP contribution in [0.2, 0.25) is 0 Å². The van der Waals surface area contributed by atoms with E-state index in [9.17, 15) is 0 Å². The average Bonchev–Trinajstić information content (AvgIpc) is 3.08. The first kappa shape index (κ1) is 14.2. The fourth-order valence-corrected chi connectivity index (χ4v) is 5.75. The van der Waals surface area contributed by atoms with Crippen LogP contribution in [0.5, 0.6) is 0 Å². The molecule has 3 aliphatic rings. The van der Waals surface area contributed by atoms with Crippen LogP contribution in [-0.2, 0) is 12.8 Å². The summed E-state index contributed by atoms with van der Waals surface area (Å²) in [4.78, 5) is 14.5. The van der Waals surface area contributed by atoms with Crippen LogP contribution in [0, 0.1) is 0 Å². The zero-order valence-corrected chi connectivity index (χ0v) is 14.4. The van der Waals surface area contributed by atoms with Crippen LogP contribution in [0.15, 0.2) is 6.33 Å². The van der Waals surface area contributed by atoms with E-state index in [1.165, 1.54) is 80.2 Å². The third-order valence-corrected chi connectivity index (χ3v) is 7.15. The van der Waals surface area contributed by atoms with E-state index in [2.05, 4.69) is 20.2 Å². The van der Waals surface area contributed by atoms with Crippen LogP contribution < -0.4 is 5.32 Å². The molecule has 23 heavy (non-hydrogen) atoms. The molecule has 122 valence electrons. The normalized spacial score (nSPS) is 27.8. The van der Waals surface area contributed by atoms with E-state index in [4.69, 9.17) is 0 Å². The first-order valence-corrected chi connectivity index (χ1v) is 9.96. The maximum absolute atomic E-state index is 4.61. The van der Waals surface area contributed by atoms with Crippen molar-refractivity contribution in [3.63, 3.8) is 0 Å². The number of aromatic nitrogens is 2. The lowest BCUT2D eigenvalue weighted by atomic mass is 9.88. The molecule has 1 N–H and O–H groups in total. The van der Waals surface area contributed by atoms with E-state index < -0.39 is 0 Å². The van der Waals surface area contributed by atoms with Gasteiger partial charge in [-0.1, -0.05) is 0 Å². The van der Waals surface area contributed by atoms with Gasteiger partial charge in [0.05, 0.1) is 5.39 Å². The zero-order valence-electron chi connectivity index (χ0n) is 13.6. The SMILES string of the molecule is c1nc(NC2CCC(N3CCC3)CC2)c2c3c(sc2n1)CCC3. The molecule has 5 heteroatoms. The van der Waals surface area contributed by atoms with Crippen molar-refractivity contribution in [2.24, 2.45) is 0 Å². The Morgan fingerprint density at radius 2 is 1.91 bits per heavy atom. The summed E-state index contributed by atoms with van der Waals surface area (Å²) in [5.41, 5.74) is 1.53. The van der Waals surface area contributed by atoms with Crippen molar-refractivity contribution in [3.05, 3.63) is 16.8 Å². The number of nitrogens with one attached hydrogen (secondary N) is 1. The summed E-state index contributed by atoms with van der Waals surface area (Å²) in [5, 5.41) is 5.10. The van der Waals surface area contributed by atoms with Crippen molar-refractivity contribution in [3.8, 4) is 0 Å². The van der Waals surface area contributed by atoms with Gasteiger partial charge in [0.15, 0.2) is 0 Å². The number of anilines is 1. The lowest BCUT2D eigenvalue weighted by molar-refractivity contribution is 0.0889. The Kier molecular flexibility index (Phi) is 3.52. The van der Waals surface area contributed by atoms with Crippen molar-refractivity contribution < 1.29 is 0 Å². The highest BCUT2D eigenvalue weighted by Gasteiger charge is 2.29. The molecule has 2 aliphatic carbocycles. The zero-order chi connectivity index (χ0) is 15.2. The van der Waals surface area contributed by atoms with Crippen LogP contribution in [0.25, 0.3) is 10.2 Å². The summed E-state index contributed by atoms with van der Waals surface area (Å²) >= 11 is 1.88. The van der Waals surface area contributed by atoms with Gasteiger partial charge in [-0.2, -0.15) is 0 Å². The molecule has 2 aromatic rings. The predicted molar refractivity (Wildman–Crippen MR) is 95.3 cm³/mol. The Bertz CT molecular complexity index is 713. The maximum atomic E-state index is 4.61. The Hall–Kier alpha value is -1.20. The van der Waals surface area contributed by atoms with E-state index in [1.807, 2.05) is 11.3 Å². The highest BCUT2D eigenvalue weighted by atomic mass is 32.1. The molecule has 0 bridgehead atoms. The van der Waals surface area contributed by atoms with Crippen molar-refractivity contribution in [2.75, 3.05) is 18.4 Å². The summed E-state index contributed by atoms with van der Waals surface area (Å²) in [6.45, 7) is 2.66. The Balaban J connectivity index is 1.34. The predicted octanol–water partition coefficient (Wildman–Crippen LogP) is 3.61. The summed E-state index contributed by atoms with van der Waals surface area (Å²) < 4.78 is 0. The first-order valence-electron chi connectivity index (χ1n) is 9.14. The van der Waals surface area contributed by atoms with Gasteiger partial charge < -0.3 is 10.2 Å². The molecule has 4 nitrogen and oxygen atoms in total. The number of nitrogens with zero attached hydrogens (tertiary/aromatic N) is 3. The molecule has 0 radical (unpaired) electrons. The second kappa shape index (κ2) is 5.71. The van der Waals surface area contributed by atoms with Gasteiger partial charge in [-0.15, -0.1) is 11.3 Å². The summed E-state index contributed by atoms with van der Waals surface area (Å²) in [5.74, 6) is 1.10. The highest BCUT2D eigenvalue weighted by molar-refractivity contribution is 7.19. The number of hydrogen-bond donors (Lipinski definition) is 1. The molecule has 0 unspecified atom stereocenters. The van der Waals surface area contributed by atoms with E-state index in [0.29, 0.717) is 6.04 Å². The van der Waals surface area contributed by atoms with Crippen LogP contribution in [0.4, 0.5) is 5.82 Å². The number of hydrogen-bond acceptors (Lipinski definition) is 5. The smallest absolute Gasteiger partial charge is 0.138 e. The topological polar surface area (TPSA) is 41.1 Å². The fourth-order valence-electron chi connectivity index (χ4n) is 4.52. The van der Waals surface area contributed by atoms with E-state index in [0.717, 1.165) is 11.9 Å². The van der Waals surface area contributed by atoms with Gasteiger partial charge in [0.1, 0.15) is 17.0 Å². The van der Waals surface area contributed by atoms with Gasteiger partial charge in [0.25, 0.3) is 0 Å². The number of likely N-dealkylation sites (tertiary alicyclic amines) is 1. The molecular weight excluding hydrogens is 304 g/mol. The maximum Gasteiger partial charge on any atom is 0.138 e. The Morgan fingerprint density at radius 1 is 1.04 bits per heavy atom. The van der Waals surface area contributed by atoms with Gasteiger partial charge in [-0.3, -0.25) is 0 Å². The Labute approximate surface area is 141 Å². The summed E-state index contributed by atoms with van der Waals surface area (Å²) in [7, 11) is 0. The monoisotopic (exact) mass is 328 g/mol. The molecule has 0 amide bonds. The lowest BCUT2D eigenvalue weighted by Crippen LogP contribution is -2.47. The van der Waals surface area contributed by atoms with Crippen LogP contribution >= 0.6 is 11.3 Å². The van der Waals surface area contributed by atoms with Gasteiger partial charge >= 0.3 is 0 Å². The number of aryl methyl sites for hydroxylation is 2. The second-order valence-corrected chi connectivity index (χ2v) is 8.38. The highest BCUT2D eigenvalue weighted by Crippen LogP contribution is 2.39. The minimum absolute atomic E-state index is 0.586. The molecular formula is C18H24N4S. The number of fused-ring (bicyclic) bond motifs is 3. The van der Waals surface area contributed by atoms with E-state index in [-0.39, 0.29) is 0 Å². The average molecular weight is 328 g/mol. The quantitative estimate of drug-likeness (QED) is 0.934. The molecule has 0 spiro atoms. The number of thiophene rings is 1. The van der Waals surface area contributed by atoms with Crippen LogP contribution in [-0.4, -0.2) is 40.0 Å². The molecule has 1 aliphatic heterocycles. The molecule has 2 fully saturated rings. The van der Waals surface area contributed by atoms with Gasteiger partial charge in [-0.25, -0.2) is 9.97 Å². The van der Waals surface area contributed by atoms with E-state index >= 15 is 0 Å².